The van der Waals surface area contributed by atoms with Crippen LogP contribution in [0.4, 0.5) is 13.2 Å². The number of aryl methyl sites for hydroxylation is 1. The first-order valence-corrected chi connectivity index (χ1v) is 5.34. The summed E-state index contributed by atoms with van der Waals surface area (Å²) < 4.78 is 38.3. The highest BCUT2D eigenvalue weighted by atomic mass is 79.9. The highest BCUT2D eigenvalue weighted by Crippen LogP contribution is 2.24. The summed E-state index contributed by atoms with van der Waals surface area (Å²) in [6, 6.07) is 3.58. The molecule has 0 aliphatic rings. The second kappa shape index (κ2) is 3.76. The first-order valence-electron chi connectivity index (χ1n) is 4.55. The van der Waals surface area contributed by atoms with Crippen LogP contribution < -0.4 is 0 Å². The molecule has 0 atom stereocenters. The second-order valence-electron chi connectivity index (χ2n) is 3.60. The van der Waals surface area contributed by atoms with Crippen molar-refractivity contribution in [2.24, 2.45) is 0 Å². The van der Waals surface area contributed by atoms with Crippen LogP contribution in [0.3, 0.4) is 0 Å². The van der Waals surface area contributed by atoms with Crippen LogP contribution in [-0.4, -0.2) is 16.0 Å². The topological polar surface area (TPSA) is 17.8 Å². The van der Waals surface area contributed by atoms with Gasteiger partial charge in [-0.15, -0.1) is 0 Å². The lowest BCUT2D eigenvalue weighted by molar-refractivity contribution is -0.142. The van der Waals surface area contributed by atoms with Crippen LogP contribution >= 0.6 is 15.9 Å². The van der Waals surface area contributed by atoms with Crippen molar-refractivity contribution in [3.8, 4) is 0 Å². The van der Waals surface area contributed by atoms with Gasteiger partial charge in [0.25, 0.3) is 0 Å². The first kappa shape index (κ1) is 11.4. The van der Waals surface area contributed by atoms with Crippen LogP contribution in [0, 0.1) is 6.92 Å². The molecule has 86 valence electrons. The molecule has 0 radical (unpaired) electrons. The van der Waals surface area contributed by atoms with Gasteiger partial charge in [0, 0.05) is 16.1 Å². The van der Waals surface area contributed by atoms with Crippen LogP contribution in [-0.2, 0) is 6.54 Å². The minimum Gasteiger partial charge on any atom is -0.262 e. The van der Waals surface area contributed by atoms with Crippen molar-refractivity contribution in [1.82, 2.24) is 9.78 Å². The molecule has 0 unspecified atom stereocenters. The van der Waals surface area contributed by atoms with E-state index in [1.165, 1.54) is 6.20 Å². The minimum absolute atomic E-state index is 0.604. The number of hydrogen-bond acceptors (Lipinski definition) is 1. The van der Waals surface area contributed by atoms with E-state index in [2.05, 4.69) is 21.0 Å². The number of rotatable bonds is 1. The van der Waals surface area contributed by atoms with Crippen molar-refractivity contribution in [1.29, 1.82) is 0 Å². The molecule has 0 N–H and O–H groups in total. The molecule has 0 aliphatic heterocycles. The summed E-state index contributed by atoms with van der Waals surface area (Å²) in [6.45, 7) is 0.761. The van der Waals surface area contributed by atoms with Crippen LogP contribution in [0.15, 0.2) is 22.8 Å². The third-order valence-electron chi connectivity index (χ3n) is 2.15. The molecule has 16 heavy (non-hydrogen) atoms. The maximum atomic E-state index is 12.2. The predicted octanol–water partition coefficient (Wildman–Crippen LogP) is 3.67. The number of nitrogens with zero attached hydrogens (tertiary/aromatic N) is 2. The quantitative estimate of drug-likeness (QED) is 0.784. The van der Waals surface area contributed by atoms with E-state index in [0.29, 0.717) is 10.9 Å². The maximum absolute atomic E-state index is 12.2. The SMILES string of the molecule is Cc1cc(Br)cc2cn(CC(F)(F)F)nc12. The molecule has 0 aliphatic carbocycles. The molecule has 2 rings (SSSR count). The van der Waals surface area contributed by atoms with Gasteiger partial charge in [0.1, 0.15) is 6.54 Å². The Balaban J connectivity index is 2.48. The van der Waals surface area contributed by atoms with Gasteiger partial charge in [0.15, 0.2) is 0 Å². The van der Waals surface area contributed by atoms with Gasteiger partial charge in [-0.05, 0) is 24.6 Å². The molecule has 1 heterocycles. The molecular formula is C10H8BrF3N2. The Morgan fingerprint density at radius 1 is 1.38 bits per heavy atom. The lowest BCUT2D eigenvalue weighted by Gasteiger charge is -2.04. The fourth-order valence-electron chi connectivity index (χ4n) is 1.58. The average molecular weight is 293 g/mol. The van der Waals surface area contributed by atoms with Gasteiger partial charge < -0.3 is 0 Å². The Kier molecular flexibility index (Phi) is 2.69. The van der Waals surface area contributed by atoms with E-state index in [4.69, 9.17) is 0 Å². The smallest absolute Gasteiger partial charge is 0.262 e. The molecular weight excluding hydrogens is 285 g/mol. The summed E-state index contributed by atoms with van der Waals surface area (Å²) in [5.74, 6) is 0. The maximum Gasteiger partial charge on any atom is 0.408 e. The van der Waals surface area contributed by atoms with E-state index in [1.54, 1.807) is 6.07 Å². The summed E-state index contributed by atoms with van der Waals surface area (Å²) in [4.78, 5) is 0. The number of fused-ring (bicyclic) bond motifs is 1. The molecule has 6 heteroatoms. The molecule has 0 spiro atoms. The van der Waals surface area contributed by atoms with Gasteiger partial charge in [-0.25, -0.2) is 0 Å². The number of benzene rings is 1. The third-order valence-corrected chi connectivity index (χ3v) is 2.61. The Labute approximate surface area is 98.2 Å². The number of aromatic nitrogens is 2. The van der Waals surface area contributed by atoms with E-state index in [1.807, 2.05) is 13.0 Å². The molecule has 2 aromatic rings. The zero-order valence-corrected chi connectivity index (χ0v) is 9.93. The molecule has 0 bridgehead atoms. The summed E-state index contributed by atoms with van der Waals surface area (Å²) in [6.07, 6.45) is -2.84. The summed E-state index contributed by atoms with van der Waals surface area (Å²) in [5, 5.41) is 4.62. The van der Waals surface area contributed by atoms with Crippen molar-refractivity contribution in [3.63, 3.8) is 0 Å². The number of hydrogen-bond donors (Lipinski definition) is 0. The van der Waals surface area contributed by atoms with Crippen molar-refractivity contribution in [2.75, 3.05) is 0 Å². The van der Waals surface area contributed by atoms with Crippen molar-refractivity contribution < 1.29 is 13.2 Å². The first-order chi connectivity index (χ1) is 7.35. The Morgan fingerprint density at radius 3 is 2.69 bits per heavy atom. The zero-order valence-electron chi connectivity index (χ0n) is 8.35. The fourth-order valence-corrected chi connectivity index (χ4v) is 2.17. The molecule has 0 fully saturated rings. The molecule has 1 aromatic carbocycles. The van der Waals surface area contributed by atoms with Crippen LogP contribution in [0.1, 0.15) is 5.56 Å². The van der Waals surface area contributed by atoms with E-state index >= 15 is 0 Å². The van der Waals surface area contributed by atoms with Crippen LogP contribution in [0.5, 0.6) is 0 Å². The summed E-state index contributed by atoms with van der Waals surface area (Å²) in [5.41, 5.74) is 1.46. The van der Waals surface area contributed by atoms with E-state index in [0.717, 1.165) is 14.7 Å². The van der Waals surface area contributed by atoms with Crippen molar-refractivity contribution in [3.05, 3.63) is 28.4 Å². The van der Waals surface area contributed by atoms with Crippen LogP contribution in [0.2, 0.25) is 0 Å². The largest absolute Gasteiger partial charge is 0.408 e. The summed E-state index contributed by atoms with van der Waals surface area (Å²) in [7, 11) is 0. The highest BCUT2D eigenvalue weighted by Gasteiger charge is 2.28. The normalized spacial score (nSPS) is 12.3. The highest BCUT2D eigenvalue weighted by molar-refractivity contribution is 9.10. The number of halogens is 4. The Bertz CT molecular complexity index is 531. The Morgan fingerprint density at radius 2 is 2.06 bits per heavy atom. The lowest BCUT2D eigenvalue weighted by atomic mass is 10.2. The standard InChI is InChI=1S/C10H8BrF3N2/c1-6-2-8(11)3-7-4-16(15-9(6)7)5-10(12,13)14/h2-4H,5H2,1H3. The van der Waals surface area contributed by atoms with Gasteiger partial charge in [0.2, 0.25) is 0 Å². The van der Waals surface area contributed by atoms with Gasteiger partial charge in [-0.1, -0.05) is 15.9 Å². The van der Waals surface area contributed by atoms with Gasteiger partial charge in [-0.3, -0.25) is 4.68 Å². The Hall–Kier alpha value is -1.04. The van der Waals surface area contributed by atoms with Gasteiger partial charge in [-0.2, -0.15) is 18.3 Å². The molecule has 2 nitrogen and oxygen atoms in total. The van der Waals surface area contributed by atoms with E-state index in [9.17, 15) is 13.2 Å². The molecule has 0 saturated carbocycles. The van der Waals surface area contributed by atoms with Crippen molar-refractivity contribution in [2.45, 2.75) is 19.6 Å². The monoisotopic (exact) mass is 292 g/mol. The minimum atomic E-state index is -4.24. The zero-order chi connectivity index (χ0) is 11.9. The predicted molar refractivity (Wildman–Crippen MR) is 58.2 cm³/mol. The average Bonchev–Trinajstić information content (AvgIpc) is 2.43. The van der Waals surface area contributed by atoms with E-state index < -0.39 is 12.7 Å². The van der Waals surface area contributed by atoms with Crippen LogP contribution in [0.25, 0.3) is 10.9 Å². The van der Waals surface area contributed by atoms with Crippen molar-refractivity contribution >= 4 is 26.8 Å². The van der Waals surface area contributed by atoms with E-state index in [-0.39, 0.29) is 0 Å². The lowest BCUT2D eigenvalue weighted by Crippen LogP contribution is -2.17. The molecule has 0 saturated heterocycles. The van der Waals surface area contributed by atoms with Gasteiger partial charge in [0.05, 0.1) is 5.52 Å². The second-order valence-corrected chi connectivity index (χ2v) is 4.52. The van der Waals surface area contributed by atoms with Gasteiger partial charge >= 0.3 is 6.18 Å². The molecule has 1 aromatic heterocycles. The third kappa shape index (κ3) is 2.37. The fraction of sp³-hybridized carbons (Fsp3) is 0.300. The summed E-state index contributed by atoms with van der Waals surface area (Å²) >= 11 is 3.29. The number of alkyl halides is 3. The molecule has 0 amide bonds.